The number of nitrogens with zero attached hydrogens (tertiary/aromatic N) is 3. The highest BCUT2D eigenvalue weighted by molar-refractivity contribution is 5.62. The monoisotopic (exact) mass is 238 g/mol. The van der Waals surface area contributed by atoms with Crippen LogP contribution in [0.15, 0.2) is 29.5 Å². The van der Waals surface area contributed by atoms with Crippen molar-refractivity contribution < 1.29 is 4.74 Å². The van der Waals surface area contributed by atoms with Gasteiger partial charge in [-0.1, -0.05) is 0 Å². The summed E-state index contributed by atoms with van der Waals surface area (Å²) in [6.07, 6.45) is 0. The summed E-state index contributed by atoms with van der Waals surface area (Å²) in [5.41, 5.74) is 1.19. The molecule has 0 aromatic heterocycles. The highest BCUT2D eigenvalue weighted by Crippen LogP contribution is 2.22. The molecular formula is C13H10N4O. The number of hydrogen-bond donors (Lipinski definition) is 1. The van der Waals surface area contributed by atoms with E-state index in [-0.39, 0.29) is 11.3 Å². The lowest BCUT2D eigenvalue weighted by atomic mass is 10.1. The number of ether oxygens (including phenoxy) is 1. The summed E-state index contributed by atoms with van der Waals surface area (Å²) in [7, 11) is 1.56. The largest absolute Gasteiger partial charge is 0.497 e. The number of benzene rings is 1. The molecule has 1 aromatic rings. The van der Waals surface area contributed by atoms with Crippen LogP contribution >= 0.6 is 0 Å². The van der Waals surface area contributed by atoms with Gasteiger partial charge in [-0.3, -0.25) is 0 Å². The van der Waals surface area contributed by atoms with Crippen LogP contribution in [0.5, 0.6) is 5.75 Å². The van der Waals surface area contributed by atoms with Crippen molar-refractivity contribution in [1.82, 2.24) is 0 Å². The number of allylic oxidation sites excluding steroid dienone is 2. The lowest BCUT2D eigenvalue weighted by Gasteiger charge is -2.09. The Morgan fingerprint density at radius 1 is 1.17 bits per heavy atom. The third-order valence-electron chi connectivity index (χ3n) is 2.28. The molecular weight excluding hydrogens is 228 g/mol. The third kappa shape index (κ3) is 2.78. The number of nitriles is 3. The number of hydrogen-bond acceptors (Lipinski definition) is 5. The molecule has 0 aliphatic rings. The van der Waals surface area contributed by atoms with Crippen molar-refractivity contribution in [2.75, 3.05) is 12.4 Å². The topological polar surface area (TPSA) is 92.6 Å². The molecule has 88 valence electrons. The highest BCUT2D eigenvalue weighted by Gasteiger charge is 2.08. The van der Waals surface area contributed by atoms with E-state index < -0.39 is 0 Å². The van der Waals surface area contributed by atoms with Gasteiger partial charge >= 0.3 is 0 Å². The molecule has 0 bridgehead atoms. The highest BCUT2D eigenvalue weighted by atomic mass is 16.5. The molecule has 0 spiro atoms. The average Bonchev–Trinajstić information content (AvgIpc) is 2.40. The Labute approximate surface area is 105 Å². The molecule has 0 saturated heterocycles. The second-order valence-electron chi connectivity index (χ2n) is 3.39. The van der Waals surface area contributed by atoms with Crippen molar-refractivity contribution in [3.63, 3.8) is 0 Å². The Kier molecular flexibility index (Phi) is 4.32. The molecule has 0 aliphatic carbocycles. The molecule has 0 saturated carbocycles. The Hall–Kier alpha value is -2.97. The maximum absolute atomic E-state index is 8.91. The number of methoxy groups -OCH3 is 1. The van der Waals surface area contributed by atoms with Crippen LogP contribution < -0.4 is 10.1 Å². The van der Waals surface area contributed by atoms with Crippen LogP contribution in [0.1, 0.15) is 5.56 Å². The van der Waals surface area contributed by atoms with E-state index in [1.807, 2.05) is 6.92 Å². The van der Waals surface area contributed by atoms with Gasteiger partial charge in [0.15, 0.2) is 5.57 Å². The lowest BCUT2D eigenvalue weighted by Crippen LogP contribution is -2.02. The van der Waals surface area contributed by atoms with E-state index in [2.05, 4.69) is 5.32 Å². The maximum atomic E-state index is 8.91. The summed E-state index contributed by atoms with van der Waals surface area (Å²) < 4.78 is 5.06. The molecule has 1 rings (SSSR count). The van der Waals surface area contributed by atoms with Gasteiger partial charge in [-0.05, 0) is 30.7 Å². The van der Waals surface area contributed by atoms with E-state index in [9.17, 15) is 0 Å². The summed E-state index contributed by atoms with van der Waals surface area (Å²) in [6.45, 7) is 1.83. The van der Waals surface area contributed by atoms with Gasteiger partial charge in [-0.2, -0.15) is 15.8 Å². The molecule has 18 heavy (non-hydrogen) atoms. The molecule has 0 radical (unpaired) electrons. The molecule has 0 fully saturated rings. The van der Waals surface area contributed by atoms with Gasteiger partial charge < -0.3 is 10.1 Å². The van der Waals surface area contributed by atoms with Gasteiger partial charge in [0.2, 0.25) is 0 Å². The van der Waals surface area contributed by atoms with Crippen LogP contribution in [0.4, 0.5) is 5.69 Å². The molecule has 5 nitrogen and oxygen atoms in total. The zero-order valence-corrected chi connectivity index (χ0v) is 9.98. The first kappa shape index (κ1) is 13.1. The van der Waals surface area contributed by atoms with Crippen LogP contribution in [0.25, 0.3) is 0 Å². The molecule has 0 unspecified atom stereocenters. The number of anilines is 1. The van der Waals surface area contributed by atoms with E-state index in [0.29, 0.717) is 11.4 Å². The lowest BCUT2D eigenvalue weighted by molar-refractivity contribution is 0.414. The summed E-state index contributed by atoms with van der Waals surface area (Å²) in [5.74, 6) is 0.696. The van der Waals surface area contributed by atoms with Crippen molar-refractivity contribution in [3.05, 3.63) is 35.0 Å². The van der Waals surface area contributed by atoms with E-state index in [4.69, 9.17) is 20.5 Å². The van der Waals surface area contributed by atoms with Crippen LogP contribution in [-0.4, -0.2) is 7.11 Å². The molecule has 1 N–H and O–H groups in total. The SMILES string of the molecule is COc1ccc(NC(C#N)=C(C#N)C#N)c(C)c1. The predicted octanol–water partition coefficient (Wildman–Crippen LogP) is 2.24. The maximum Gasteiger partial charge on any atom is 0.163 e. The van der Waals surface area contributed by atoms with Crippen molar-refractivity contribution in [2.24, 2.45) is 0 Å². The van der Waals surface area contributed by atoms with Crippen molar-refractivity contribution in [1.29, 1.82) is 15.8 Å². The summed E-state index contributed by atoms with van der Waals surface area (Å²) in [5, 5.41) is 29.1. The third-order valence-corrected chi connectivity index (χ3v) is 2.28. The zero-order valence-electron chi connectivity index (χ0n) is 9.98. The minimum atomic E-state index is -0.243. The molecule has 1 aromatic carbocycles. The van der Waals surface area contributed by atoms with E-state index in [0.717, 1.165) is 5.56 Å². The van der Waals surface area contributed by atoms with Gasteiger partial charge in [-0.25, -0.2) is 0 Å². The van der Waals surface area contributed by atoms with Crippen molar-refractivity contribution >= 4 is 5.69 Å². The standard InChI is InChI=1S/C13H10N4O/c1-9-5-11(18-2)3-4-12(9)17-13(8-16)10(6-14)7-15/h3-5,17H,1-2H3. The van der Waals surface area contributed by atoms with Crippen molar-refractivity contribution in [2.45, 2.75) is 6.92 Å². The van der Waals surface area contributed by atoms with Crippen LogP contribution in [0.2, 0.25) is 0 Å². The fraction of sp³-hybridized carbons (Fsp3) is 0.154. The average molecular weight is 238 g/mol. The number of rotatable bonds is 3. The first-order valence-electron chi connectivity index (χ1n) is 5.02. The van der Waals surface area contributed by atoms with Gasteiger partial charge in [0.25, 0.3) is 0 Å². The minimum absolute atomic E-state index is 0.0618. The molecule has 0 amide bonds. The second kappa shape index (κ2) is 5.94. The second-order valence-corrected chi connectivity index (χ2v) is 3.39. The first-order chi connectivity index (χ1) is 8.65. The molecule has 5 heteroatoms. The molecule has 0 heterocycles. The Bertz CT molecular complexity index is 595. The van der Waals surface area contributed by atoms with Gasteiger partial charge in [0.05, 0.1) is 7.11 Å². The number of aryl methyl sites for hydroxylation is 1. The fourth-order valence-electron chi connectivity index (χ4n) is 1.32. The normalized spacial score (nSPS) is 8.39. The van der Waals surface area contributed by atoms with Crippen molar-refractivity contribution in [3.8, 4) is 24.0 Å². The first-order valence-corrected chi connectivity index (χ1v) is 5.02. The van der Waals surface area contributed by atoms with E-state index in [1.165, 1.54) is 0 Å². The van der Waals surface area contributed by atoms with Crippen LogP contribution in [0.3, 0.4) is 0 Å². The smallest absolute Gasteiger partial charge is 0.163 e. The zero-order chi connectivity index (χ0) is 13.5. The Morgan fingerprint density at radius 3 is 2.28 bits per heavy atom. The van der Waals surface area contributed by atoms with Gasteiger partial charge in [-0.15, -0.1) is 0 Å². The fourth-order valence-corrected chi connectivity index (χ4v) is 1.32. The predicted molar refractivity (Wildman–Crippen MR) is 65.2 cm³/mol. The Morgan fingerprint density at radius 2 is 1.83 bits per heavy atom. The molecule has 0 atom stereocenters. The number of nitrogens with one attached hydrogen (secondary N) is 1. The minimum Gasteiger partial charge on any atom is -0.497 e. The van der Waals surface area contributed by atoms with Gasteiger partial charge in [0.1, 0.15) is 29.7 Å². The van der Waals surface area contributed by atoms with Crippen LogP contribution in [-0.2, 0) is 0 Å². The molecule has 0 aliphatic heterocycles. The summed E-state index contributed by atoms with van der Waals surface area (Å²) in [4.78, 5) is 0. The quantitative estimate of drug-likeness (QED) is 0.815. The van der Waals surface area contributed by atoms with E-state index >= 15 is 0 Å². The summed E-state index contributed by atoms with van der Waals surface area (Å²) in [6, 6.07) is 10.4. The van der Waals surface area contributed by atoms with Crippen LogP contribution in [0, 0.1) is 40.9 Å². The van der Waals surface area contributed by atoms with E-state index in [1.54, 1.807) is 43.5 Å². The van der Waals surface area contributed by atoms with Gasteiger partial charge in [0, 0.05) is 5.69 Å². The summed E-state index contributed by atoms with van der Waals surface area (Å²) >= 11 is 0. The Balaban J connectivity index is 3.14.